The molecule has 0 heterocycles. The molecule has 18 heavy (non-hydrogen) atoms. The minimum absolute atomic E-state index is 0.0518. The smallest absolute Gasteiger partial charge is 0.326 e. The van der Waals surface area contributed by atoms with E-state index in [1.165, 1.54) is 13.5 Å². The molecule has 1 aliphatic carbocycles. The van der Waals surface area contributed by atoms with Gasteiger partial charge in [-0.05, 0) is 24.2 Å². The molecule has 0 radical (unpaired) electrons. The van der Waals surface area contributed by atoms with Crippen LogP contribution in [0.5, 0.6) is 0 Å². The van der Waals surface area contributed by atoms with Gasteiger partial charge >= 0.3 is 5.97 Å². The second kappa shape index (κ2) is 5.75. The Bertz CT molecular complexity index is 337. The summed E-state index contributed by atoms with van der Waals surface area (Å²) in [6.07, 6.45) is 9.39. The van der Waals surface area contributed by atoms with Gasteiger partial charge in [0.1, 0.15) is 5.54 Å². The summed E-state index contributed by atoms with van der Waals surface area (Å²) in [5.74, 6) is 2.65. The minimum Gasteiger partial charge on any atom is -0.468 e. The molecule has 2 atom stereocenters. The average molecular weight is 251 g/mol. The molecule has 3 heteroatoms. The molecule has 1 saturated carbocycles. The van der Waals surface area contributed by atoms with Crippen LogP contribution in [0, 0.1) is 23.7 Å². The first kappa shape index (κ1) is 15.0. The van der Waals surface area contributed by atoms with Gasteiger partial charge in [0.15, 0.2) is 0 Å². The van der Waals surface area contributed by atoms with Crippen LogP contribution >= 0.6 is 0 Å². The van der Waals surface area contributed by atoms with Gasteiger partial charge in [0.25, 0.3) is 0 Å². The Hall–Kier alpha value is -1.01. The number of carbonyl (C=O) groups is 1. The van der Waals surface area contributed by atoms with E-state index < -0.39 is 5.54 Å². The van der Waals surface area contributed by atoms with Crippen LogP contribution in [-0.4, -0.2) is 25.2 Å². The Labute approximate surface area is 111 Å². The van der Waals surface area contributed by atoms with E-state index in [-0.39, 0.29) is 17.3 Å². The molecule has 0 bridgehead atoms. The highest BCUT2D eigenvalue weighted by Gasteiger charge is 2.51. The molecule has 2 unspecified atom stereocenters. The summed E-state index contributed by atoms with van der Waals surface area (Å²) in [6, 6.07) is 0. The van der Waals surface area contributed by atoms with E-state index in [1.807, 2.05) is 0 Å². The van der Waals surface area contributed by atoms with Crippen LogP contribution in [0.4, 0.5) is 0 Å². The highest BCUT2D eigenvalue weighted by molar-refractivity contribution is 5.81. The van der Waals surface area contributed by atoms with Crippen molar-refractivity contribution in [3.05, 3.63) is 0 Å². The van der Waals surface area contributed by atoms with E-state index in [1.54, 1.807) is 0 Å². The van der Waals surface area contributed by atoms with Crippen LogP contribution in [0.2, 0.25) is 0 Å². The van der Waals surface area contributed by atoms with Gasteiger partial charge in [-0.25, -0.2) is 0 Å². The lowest BCUT2D eigenvalue weighted by Crippen LogP contribution is -2.62. The molecule has 0 saturated heterocycles. The highest BCUT2D eigenvalue weighted by atomic mass is 16.5. The molecule has 0 amide bonds. The van der Waals surface area contributed by atoms with Crippen molar-refractivity contribution < 1.29 is 9.53 Å². The van der Waals surface area contributed by atoms with Crippen molar-refractivity contribution in [1.82, 2.24) is 5.32 Å². The normalized spacial score (nSPS) is 28.5. The van der Waals surface area contributed by atoms with Crippen molar-refractivity contribution in [2.45, 2.75) is 52.0 Å². The molecule has 3 nitrogen and oxygen atoms in total. The van der Waals surface area contributed by atoms with E-state index in [2.05, 4.69) is 32.0 Å². The summed E-state index contributed by atoms with van der Waals surface area (Å²) >= 11 is 0. The van der Waals surface area contributed by atoms with Crippen molar-refractivity contribution in [2.24, 2.45) is 11.3 Å². The van der Waals surface area contributed by atoms with Gasteiger partial charge < -0.3 is 4.74 Å². The Morgan fingerprint density at radius 1 is 1.50 bits per heavy atom. The lowest BCUT2D eigenvalue weighted by atomic mass is 9.62. The maximum atomic E-state index is 12.3. The topological polar surface area (TPSA) is 38.3 Å². The van der Waals surface area contributed by atoms with Crippen molar-refractivity contribution in [3.63, 3.8) is 0 Å². The minimum atomic E-state index is -0.613. The van der Waals surface area contributed by atoms with Gasteiger partial charge in [-0.15, -0.1) is 6.42 Å². The van der Waals surface area contributed by atoms with Gasteiger partial charge in [0.05, 0.1) is 13.7 Å². The second-order valence-electron chi connectivity index (χ2n) is 6.19. The predicted molar refractivity (Wildman–Crippen MR) is 73.0 cm³/mol. The Morgan fingerprint density at radius 2 is 2.17 bits per heavy atom. The summed E-state index contributed by atoms with van der Waals surface area (Å²) in [5.41, 5.74) is -0.562. The first-order valence-corrected chi connectivity index (χ1v) is 6.65. The lowest BCUT2D eigenvalue weighted by molar-refractivity contribution is -0.156. The quantitative estimate of drug-likeness (QED) is 0.618. The van der Waals surface area contributed by atoms with E-state index in [0.717, 1.165) is 19.3 Å². The number of rotatable bonds is 3. The predicted octanol–water partition coefficient (Wildman–Crippen LogP) is 2.36. The SMILES string of the molecule is C#CCNC1(C(=O)OC)CCCCC1C(C)(C)C. The van der Waals surface area contributed by atoms with Gasteiger partial charge in [-0.1, -0.05) is 39.5 Å². The number of terminal acetylenes is 1. The zero-order valence-electron chi connectivity index (χ0n) is 12.0. The standard InChI is InChI=1S/C15H25NO2/c1-6-11-16-15(13(17)18-5)10-8-7-9-12(15)14(2,3)4/h1,12,16H,7-11H2,2-5H3. The molecule has 102 valence electrons. The van der Waals surface area contributed by atoms with Crippen LogP contribution in [0.15, 0.2) is 0 Å². The lowest BCUT2D eigenvalue weighted by Gasteiger charge is -2.48. The largest absolute Gasteiger partial charge is 0.468 e. The summed E-state index contributed by atoms with van der Waals surface area (Å²) in [4.78, 5) is 12.3. The number of methoxy groups -OCH3 is 1. The molecular formula is C15H25NO2. The zero-order chi connectivity index (χ0) is 13.8. The van der Waals surface area contributed by atoms with Crippen molar-refractivity contribution in [2.75, 3.05) is 13.7 Å². The molecule has 1 fully saturated rings. The number of carbonyl (C=O) groups excluding carboxylic acids is 1. The van der Waals surface area contributed by atoms with Crippen LogP contribution in [-0.2, 0) is 9.53 Å². The fourth-order valence-electron chi connectivity index (χ4n) is 3.26. The number of ether oxygens (including phenoxy) is 1. The van der Waals surface area contributed by atoms with E-state index in [4.69, 9.17) is 11.2 Å². The monoisotopic (exact) mass is 251 g/mol. The summed E-state index contributed by atoms with van der Waals surface area (Å²) in [5, 5.41) is 3.28. The maximum Gasteiger partial charge on any atom is 0.326 e. The third kappa shape index (κ3) is 2.87. The maximum absolute atomic E-state index is 12.3. The average Bonchev–Trinajstić information content (AvgIpc) is 2.34. The third-order valence-corrected chi connectivity index (χ3v) is 4.01. The van der Waals surface area contributed by atoms with Crippen LogP contribution in [0.25, 0.3) is 0 Å². The zero-order valence-corrected chi connectivity index (χ0v) is 12.0. The molecule has 0 aromatic rings. The van der Waals surface area contributed by atoms with Crippen molar-refractivity contribution in [3.8, 4) is 12.3 Å². The van der Waals surface area contributed by atoms with Crippen LogP contribution in [0.3, 0.4) is 0 Å². The molecule has 0 aromatic heterocycles. The summed E-state index contributed by atoms with van der Waals surface area (Å²) in [7, 11) is 1.45. The van der Waals surface area contributed by atoms with Gasteiger partial charge in [-0.2, -0.15) is 0 Å². The van der Waals surface area contributed by atoms with E-state index >= 15 is 0 Å². The molecule has 0 aliphatic heterocycles. The molecule has 0 spiro atoms. The number of esters is 1. The molecule has 1 rings (SSSR count). The first-order chi connectivity index (χ1) is 8.38. The van der Waals surface area contributed by atoms with Crippen LogP contribution in [0.1, 0.15) is 46.5 Å². The van der Waals surface area contributed by atoms with Gasteiger partial charge in [0.2, 0.25) is 0 Å². The van der Waals surface area contributed by atoms with Crippen molar-refractivity contribution in [1.29, 1.82) is 0 Å². The Kier molecular flexibility index (Phi) is 4.81. The molecule has 1 aliphatic rings. The summed E-state index contributed by atoms with van der Waals surface area (Å²) in [6.45, 7) is 6.94. The van der Waals surface area contributed by atoms with E-state index in [9.17, 15) is 4.79 Å². The van der Waals surface area contributed by atoms with Gasteiger partial charge in [0, 0.05) is 0 Å². The Morgan fingerprint density at radius 3 is 2.67 bits per heavy atom. The third-order valence-electron chi connectivity index (χ3n) is 4.01. The molecule has 1 N–H and O–H groups in total. The highest BCUT2D eigenvalue weighted by Crippen LogP contribution is 2.44. The summed E-state index contributed by atoms with van der Waals surface area (Å²) < 4.78 is 5.05. The number of hydrogen-bond donors (Lipinski definition) is 1. The fourth-order valence-corrected chi connectivity index (χ4v) is 3.26. The molecular weight excluding hydrogens is 226 g/mol. The van der Waals surface area contributed by atoms with E-state index in [0.29, 0.717) is 6.54 Å². The number of nitrogens with one attached hydrogen (secondary N) is 1. The number of hydrogen-bond acceptors (Lipinski definition) is 3. The Balaban J connectivity index is 3.10. The molecule has 0 aromatic carbocycles. The first-order valence-electron chi connectivity index (χ1n) is 6.65. The van der Waals surface area contributed by atoms with Gasteiger partial charge in [-0.3, -0.25) is 10.1 Å². The second-order valence-corrected chi connectivity index (χ2v) is 6.19. The fraction of sp³-hybridized carbons (Fsp3) is 0.800. The van der Waals surface area contributed by atoms with Crippen molar-refractivity contribution >= 4 is 5.97 Å². The van der Waals surface area contributed by atoms with Crippen LogP contribution < -0.4 is 5.32 Å².